The highest BCUT2D eigenvalue weighted by molar-refractivity contribution is 5.58. The minimum atomic E-state index is -0.256. The molecule has 0 fully saturated rings. The highest BCUT2D eigenvalue weighted by Crippen LogP contribution is 2.24. The van der Waals surface area contributed by atoms with Gasteiger partial charge in [0.2, 0.25) is 0 Å². The summed E-state index contributed by atoms with van der Waals surface area (Å²) in [6, 6.07) is 6.25. The third-order valence-electron chi connectivity index (χ3n) is 3.10. The van der Waals surface area contributed by atoms with Gasteiger partial charge in [-0.3, -0.25) is 0 Å². The molecular formula is C14H17FN2O. The summed E-state index contributed by atoms with van der Waals surface area (Å²) in [6.07, 6.45) is 1.72. The summed E-state index contributed by atoms with van der Waals surface area (Å²) in [5.74, 6) is 0.821. The van der Waals surface area contributed by atoms with Crippen molar-refractivity contribution in [3.63, 3.8) is 0 Å². The predicted molar refractivity (Wildman–Crippen MR) is 68.6 cm³/mol. The number of hydrogen-bond acceptors (Lipinski definition) is 2. The molecule has 4 heteroatoms. The van der Waals surface area contributed by atoms with Gasteiger partial charge in [-0.25, -0.2) is 9.37 Å². The van der Waals surface area contributed by atoms with Crippen molar-refractivity contribution < 1.29 is 9.50 Å². The van der Waals surface area contributed by atoms with Gasteiger partial charge in [-0.05, 0) is 35.7 Å². The Balaban J connectivity index is 2.27. The fraction of sp³-hybridized carbons (Fsp3) is 0.357. The van der Waals surface area contributed by atoms with Crippen LogP contribution in [0.3, 0.4) is 0 Å². The number of hydrogen-bond donors (Lipinski definition) is 2. The SMILES string of the molecule is CC(C)C(CO)c1ncc(-c2ccc(F)cc2)[nH]1. The Bertz CT molecular complexity index is 505. The Morgan fingerprint density at radius 1 is 1.28 bits per heavy atom. The lowest BCUT2D eigenvalue weighted by molar-refractivity contribution is 0.232. The topological polar surface area (TPSA) is 48.9 Å². The first-order valence-corrected chi connectivity index (χ1v) is 6.03. The van der Waals surface area contributed by atoms with E-state index in [9.17, 15) is 9.50 Å². The molecule has 1 atom stereocenters. The molecular weight excluding hydrogens is 231 g/mol. The van der Waals surface area contributed by atoms with E-state index in [1.807, 2.05) is 13.8 Å². The minimum absolute atomic E-state index is 0.000742. The van der Waals surface area contributed by atoms with Crippen LogP contribution in [0.25, 0.3) is 11.3 Å². The molecule has 0 aliphatic carbocycles. The second-order valence-corrected chi connectivity index (χ2v) is 4.72. The van der Waals surface area contributed by atoms with E-state index < -0.39 is 0 Å². The first-order chi connectivity index (χ1) is 8.61. The summed E-state index contributed by atoms with van der Waals surface area (Å²) >= 11 is 0. The third kappa shape index (κ3) is 2.59. The van der Waals surface area contributed by atoms with Crippen LogP contribution in [0.2, 0.25) is 0 Å². The maximum absolute atomic E-state index is 12.8. The molecule has 1 aromatic heterocycles. The van der Waals surface area contributed by atoms with Crippen molar-refractivity contribution in [3.8, 4) is 11.3 Å². The molecule has 18 heavy (non-hydrogen) atoms. The van der Waals surface area contributed by atoms with Gasteiger partial charge >= 0.3 is 0 Å². The average molecular weight is 248 g/mol. The fourth-order valence-electron chi connectivity index (χ4n) is 1.91. The number of benzene rings is 1. The molecule has 1 unspecified atom stereocenters. The monoisotopic (exact) mass is 248 g/mol. The Labute approximate surface area is 106 Å². The molecule has 0 bridgehead atoms. The summed E-state index contributed by atoms with van der Waals surface area (Å²) in [7, 11) is 0. The van der Waals surface area contributed by atoms with Crippen LogP contribution in [-0.2, 0) is 0 Å². The predicted octanol–water partition coefficient (Wildman–Crippen LogP) is 2.95. The van der Waals surface area contributed by atoms with Crippen molar-refractivity contribution in [3.05, 3.63) is 42.1 Å². The number of halogens is 1. The molecule has 0 aliphatic rings. The van der Waals surface area contributed by atoms with Crippen LogP contribution < -0.4 is 0 Å². The van der Waals surface area contributed by atoms with E-state index in [2.05, 4.69) is 9.97 Å². The van der Waals surface area contributed by atoms with Crippen LogP contribution >= 0.6 is 0 Å². The summed E-state index contributed by atoms with van der Waals surface area (Å²) in [4.78, 5) is 7.49. The van der Waals surface area contributed by atoms with Gasteiger partial charge in [-0.15, -0.1) is 0 Å². The lowest BCUT2D eigenvalue weighted by atomic mass is 9.96. The molecule has 0 spiro atoms. The van der Waals surface area contributed by atoms with Gasteiger partial charge in [0.05, 0.1) is 18.5 Å². The second-order valence-electron chi connectivity index (χ2n) is 4.72. The third-order valence-corrected chi connectivity index (χ3v) is 3.10. The van der Waals surface area contributed by atoms with Crippen LogP contribution in [0.4, 0.5) is 4.39 Å². The van der Waals surface area contributed by atoms with Gasteiger partial charge < -0.3 is 10.1 Å². The largest absolute Gasteiger partial charge is 0.396 e. The lowest BCUT2D eigenvalue weighted by Gasteiger charge is -2.15. The number of nitrogens with zero attached hydrogens (tertiary/aromatic N) is 1. The zero-order valence-corrected chi connectivity index (χ0v) is 10.5. The van der Waals surface area contributed by atoms with E-state index >= 15 is 0 Å². The minimum Gasteiger partial charge on any atom is -0.396 e. The number of nitrogens with one attached hydrogen (secondary N) is 1. The molecule has 2 rings (SSSR count). The quantitative estimate of drug-likeness (QED) is 0.874. The van der Waals surface area contributed by atoms with E-state index in [0.29, 0.717) is 5.92 Å². The van der Waals surface area contributed by atoms with Crippen molar-refractivity contribution in [2.45, 2.75) is 19.8 Å². The van der Waals surface area contributed by atoms with Crippen molar-refractivity contribution in [1.29, 1.82) is 0 Å². The molecule has 0 radical (unpaired) electrons. The highest BCUT2D eigenvalue weighted by Gasteiger charge is 2.18. The Morgan fingerprint density at radius 3 is 2.50 bits per heavy atom. The standard InChI is InChI=1S/C14H17FN2O/c1-9(2)12(8-18)14-16-7-13(17-14)10-3-5-11(15)6-4-10/h3-7,9,12,18H,8H2,1-2H3,(H,16,17). The molecule has 0 amide bonds. The number of aliphatic hydroxyl groups is 1. The number of rotatable bonds is 4. The summed E-state index contributed by atoms with van der Waals surface area (Å²) in [6.45, 7) is 4.15. The maximum Gasteiger partial charge on any atom is 0.123 e. The van der Waals surface area contributed by atoms with Gasteiger partial charge in [0, 0.05) is 5.92 Å². The van der Waals surface area contributed by atoms with Crippen molar-refractivity contribution in [1.82, 2.24) is 9.97 Å². The molecule has 2 aromatic rings. The zero-order chi connectivity index (χ0) is 13.1. The van der Waals surface area contributed by atoms with Crippen LogP contribution in [0.1, 0.15) is 25.6 Å². The smallest absolute Gasteiger partial charge is 0.123 e. The van der Waals surface area contributed by atoms with Crippen molar-refractivity contribution >= 4 is 0 Å². The van der Waals surface area contributed by atoms with Crippen LogP contribution in [0.15, 0.2) is 30.5 Å². The molecule has 1 aromatic carbocycles. The van der Waals surface area contributed by atoms with E-state index in [0.717, 1.165) is 17.1 Å². The maximum atomic E-state index is 12.8. The number of imidazole rings is 1. The Kier molecular flexibility index (Phi) is 3.77. The molecule has 3 nitrogen and oxygen atoms in total. The highest BCUT2D eigenvalue weighted by atomic mass is 19.1. The molecule has 1 heterocycles. The van der Waals surface area contributed by atoms with E-state index in [-0.39, 0.29) is 18.3 Å². The van der Waals surface area contributed by atoms with Gasteiger partial charge in [0.25, 0.3) is 0 Å². The van der Waals surface area contributed by atoms with E-state index in [1.54, 1.807) is 18.3 Å². The molecule has 0 saturated heterocycles. The summed E-state index contributed by atoms with van der Waals surface area (Å²) in [5.41, 5.74) is 1.72. The van der Waals surface area contributed by atoms with Gasteiger partial charge in [-0.2, -0.15) is 0 Å². The van der Waals surface area contributed by atoms with Gasteiger partial charge in [0.15, 0.2) is 0 Å². The summed E-state index contributed by atoms with van der Waals surface area (Å²) in [5, 5.41) is 9.36. The molecule has 0 aliphatic heterocycles. The van der Waals surface area contributed by atoms with Crippen molar-refractivity contribution in [2.24, 2.45) is 5.92 Å². The van der Waals surface area contributed by atoms with Gasteiger partial charge in [0.1, 0.15) is 11.6 Å². The first-order valence-electron chi connectivity index (χ1n) is 6.03. The van der Waals surface area contributed by atoms with E-state index in [1.165, 1.54) is 12.1 Å². The zero-order valence-electron chi connectivity index (χ0n) is 10.5. The van der Waals surface area contributed by atoms with Crippen LogP contribution in [-0.4, -0.2) is 21.7 Å². The number of aliphatic hydroxyl groups excluding tert-OH is 1. The molecule has 2 N–H and O–H groups in total. The number of aromatic amines is 1. The number of H-pyrrole nitrogens is 1. The molecule has 0 saturated carbocycles. The Morgan fingerprint density at radius 2 is 1.94 bits per heavy atom. The summed E-state index contributed by atoms with van der Waals surface area (Å²) < 4.78 is 12.8. The van der Waals surface area contributed by atoms with Crippen LogP contribution in [0.5, 0.6) is 0 Å². The normalized spacial score (nSPS) is 12.9. The van der Waals surface area contributed by atoms with Gasteiger partial charge in [-0.1, -0.05) is 13.8 Å². The Hall–Kier alpha value is -1.68. The van der Waals surface area contributed by atoms with Crippen molar-refractivity contribution in [2.75, 3.05) is 6.61 Å². The second kappa shape index (κ2) is 5.31. The lowest BCUT2D eigenvalue weighted by Crippen LogP contribution is -2.12. The fourth-order valence-corrected chi connectivity index (χ4v) is 1.91. The number of aromatic nitrogens is 2. The van der Waals surface area contributed by atoms with E-state index in [4.69, 9.17) is 0 Å². The average Bonchev–Trinajstić information content (AvgIpc) is 2.80. The van der Waals surface area contributed by atoms with Crippen LogP contribution in [0, 0.1) is 11.7 Å². The first kappa shape index (κ1) is 12.8. The molecule has 96 valence electrons.